The van der Waals surface area contributed by atoms with Crippen molar-refractivity contribution in [3.8, 4) is 0 Å². The average Bonchev–Trinajstić information content (AvgIpc) is 1.77. The number of rotatable bonds is 0. The summed E-state index contributed by atoms with van der Waals surface area (Å²) in [5.41, 5.74) is 0. The third kappa shape index (κ3) is 1.48. The zero-order valence-electron chi connectivity index (χ0n) is 5.78. The second-order valence-electron chi connectivity index (χ2n) is 2.99. The lowest BCUT2D eigenvalue weighted by Crippen LogP contribution is -2.35. The highest BCUT2D eigenvalue weighted by Gasteiger charge is 2.11. The van der Waals surface area contributed by atoms with Gasteiger partial charge in [-0.1, -0.05) is 6.92 Å². The molecule has 48 valence electrons. The van der Waals surface area contributed by atoms with Crippen molar-refractivity contribution in [1.29, 1.82) is 0 Å². The van der Waals surface area contributed by atoms with Crippen LogP contribution >= 0.6 is 0 Å². The van der Waals surface area contributed by atoms with Gasteiger partial charge in [0.15, 0.2) is 0 Å². The lowest BCUT2D eigenvalue weighted by Gasteiger charge is -2.24. The molecular weight excluding hydrogens is 98.1 g/mol. The Bertz CT molecular complexity index is 52.8. The molecular formula is C7H15N. The molecule has 1 saturated heterocycles. The first kappa shape index (κ1) is 6.09. The van der Waals surface area contributed by atoms with E-state index in [2.05, 4.69) is 19.2 Å². The van der Waals surface area contributed by atoms with Crippen molar-refractivity contribution in [2.24, 2.45) is 5.92 Å². The molecule has 1 rings (SSSR count). The quantitative estimate of drug-likeness (QED) is 0.500. The zero-order valence-corrected chi connectivity index (χ0v) is 5.78. The van der Waals surface area contributed by atoms with Crippen LogP contribution in [0.15, 0.2) is 0 Å². The van der Waals surface area contributed by atoms with Gasteiger partial charge in [0.05, 0.1) is 0 Å². The Morgan fingerprint density at radius 1 is 1.25 bits per heavy atom. The van der Waals surface area contributed by atoms with Crippen molar-refractivity contribution < 1.29 is 0 Å². The molecule has 1 heteroatoms. The standard InChI is InChI=1S/C7H15N/c1-6-3-4-7(2)8-5-6/h6-8H,3-5H2,1-2H3/t6-,7+/m0/s1. The first-order valence-corrected chi connectivity index (χ1v) is 3.52. The van der Waals surface area contributed by atoms with Gasteiger partial charge in [-0.05, 0) is 32.2 Å². The van der Waals surface area contributed by atoms with E-state index in [1.165, 1.54) is 19.4 Å². The molecule has 1 fully saturated rings. The fourth-order valence-electron chi connectivity index (χ4n) is 1.14. The van der Waals surface area contributed by atoms with Gasteiger partial charge < -0.3 is 5.32 Å². The Kier molecular flexibility index (Phi) is 1.90. The van der Waals surface area contributed by atoms with E-state index in [0.29, 0.717) is 0 Å². The minimum Gasteiger partial charge on any atom is -0.314 e. The van der Waals surface area contributed by atoms with Gasteiger partial charge in [-0.2, -0.15) is 0 Å². The van der Waals surface area contributed by atoms with Crippen LogP contribution in [0.5, 0.6) is 0 Å². The Hall–Kier alpha value is -0.0400. The third-order valence-electron chi connectivity index (χ3n) is 1.91. The summed E-state index contributed by atoms with van der Waals surface area (Å²) in [6, 6.07) is 0.770. The molecule has 1 N–H and O–H groups in total. The van der Waals surface area contributed by atoms with Crippen molar-refractivity contribution in [2.45, 2.75) is 32.7 Å². The van der Waals surface area contributed by atoms with Crippen LogP contribution in [-0.4, -0.2) is 12.6 Å². The molecule has 0 bridgehead atoms. The molecule has 1 nitrogen and oxygen atoms in total. The van der Waals surface area contributed by atoms with E-state index in [1.54, 1.807) is 0 Å². The van der Waals surface area contributed by atoms with Gasteiger partial charge in [0.1, 0.15) is 0 Å². The molecule has 0 aromatic heterocycles. The lowest BCUT2D eigenvalue weighted by molar-refractivity contribution is 0.343. The normalized spacial score (nSPS) is 39.8. The van der Waals surface area contributed by atoms with E-state index in [0.717, 1.165) is 12.0 Å². The molecule has 1 heterocycles. The van der Waals surface area contributed by atoms with Crippen LogP contribution in [0.25, 0.3) is 0 Å². The molecule has 2 atom stereocenters. The number of nitrogens with one attached hydrogen (secondary N) is 1. The van der Waals surface area contributed by atoms with E-state index in [4.69, 9.17) is 0 Å². The molecule has 0 unspecified atom stereocenters. The van der Waals surface area contributed by atoms with Crippen molar-refractivity contribution in [1.82, 2.24) is 5.32 Å². The van der Waals surface area contributed by atoms with Crippen LogP contribution < -0.4 is 5.32 Å². The maximum Gasteiger partial charge on any atom is 0.00389 e. The monoisotopic (exact) mass is 113 g/mol. The third-order valence-corrected chi connectivity index (χ3v) is 1.91. The van der Waals surface area contributed by atoms with Crippen molar-refractivity contribution in [3.63, 3.8) is 0 Å². The van der Waals surface area contributed by atoms with Gasteiger partial charge >= 0.3 is 0 Å². The molecule has 1 aliphatic rings. The van der Waals surface area contributed by atoms with E-state index >= 15 is 0 Å². The molecule has 0 radical (unpaired) electrons. The molecule has 0 amide bonds. The smallest absolute Gasteiger partial charge is 0.00389 e. The SMILES string of the molecule is C[C@H]1CC[C@@H](C)NC1. The first-order valence-electron chi connectivity index (χ1n) is 3.52. The summed E-state index contributed by atoms with van der Waals surface area (Å²) in [6.07, 6.45) is 2.77. The number of piperidine rings is 1. The van der Waals surface area contributed by atoms with Gasteiger partial charge in [0, 0.05) is 6.04 Å². The highest BCUT2D eigenvalue weighted by Crippen LogP contribution is 2.11. The number of hydrogen-bond acceptors (Lipinski definition) is 1. The van der Waals surface area contributed by atoms with Gasteiger partial charge in [-0.25, -0.2) is 0 Å². The average molecular weight is 113 g/mol. The predicted octanol–water partition coefficient (Wildman–Crippen LogP) is 1.39. The summed E-state index contributed by atoms with van der Waals surface area (Å²) in [5, 5.41) is 3.43. The zero-order chi connectivity index (χ0) is 5.98. The minimum atomic E-state index is 0.770. The van der Waals surface area contributed by atoms with Crippen LogP contribution in [0.4, 0.5) is 0 Å². The minimum absolute atomic E-state index is 0.770. The highest BCUT2D eigenvalue weighted by atomic mass is 14.9. The van der Waals surface area contributed by atoms with Crippen LogP contribution in [0.1, 0.15) is 26.7 Å². The second kappa shape index (κ2) is 2.49. The Labute approximate surface area is 51.5 Å². The summed E-state index contributed by atoms with van der Waals surface area (Å²) in [7, 11) is 0. The van der Waals surface area contributed by atoms with Gasteiger partial charge in [-0.3, -0.25) is 0 Å². The largest absolute Gasteiger partial charge is 0.314 e. The molecule has 0 aliphatic carbocycles. The first-order chi connectivity index (χ1) is 3.79. The van der Waals surface area contributed by atoms with Crippen LogP contribution in [0, 0.1) is 5.92 Å². The van der Waals surface area contributed by atoms with E-state index < -0.39 is 0 Å². The predicted molar refractivity (Wildman–Crippen MR) is 35.9 cm³/mol. The van der Waals surface area contributed by atoms with Crippen LogP contribution in [-0.2, 0) is 0 Å². The summed E-state index contributed by atoms with van der Waals surface area (Å²) >= 11 is 0. The Morgan fingerprint density at radius 2 is 2.00 bits per heavy atom. The van der Waals surface area contributed by atoms with Crippen LogP contribution in [0.2, 0.25) is 0 Å². The number of hydrogen-bond donors (Lipinski definition) is 1. The van der Waals surface area contributed by atoms with Crippen molar-refractivity contribution in [3.05, 3.63) is 0 Å². The summed E-state index contributed by atoms with van der Waals surface area (Å²) in [5.74, 6) is 0.909. The van der Waals surface area contributed by atoms with Crippen molar-refractivity contribution >= 4 is 0 Å². The maximum atomic E-state index is 3.43. The Balaban J connectivity index is 2.19. The summed E-state index contributed by atoms with van der Waals surface area (Å²) in [4.78, 5) is 0. The van der Waals surface area contributed by atoms with Gasteiger partial charge in [0.2, 0.25) is 0 Å². The molecule has 0 spiro atoms. The Morgan fingerprint density at radius 3 is 2.38 bits per heavy atom. The fraction of sp³-hybridized carbons (Fsp3) is 1.00. The highest BCUT2D eigenvalue weighted by molar-refractivity contribution is 4.71. The summed E-state index contributed by atoms with van der Waals surface area (Å²) < 4.78 is 0. The van der Waals surface area contributed by atoms with Gasteiger partial charge in [-0.15, -0.1) is 0 Å². The maximum absolute atomic E-state index is 3.43. The second-order valence-corrected chi connectivity index (χ2v) is 2.99. The molecule has 8 heavy (non-hydrogen) atoms. The molecule has 0 aromatic carbocycles. The molecule has 1 aliphatic heterocycles. The lowest BCUT2D eigenvalue weighted by atomic mass is 9.98. The molecule has 0 aromatic rings. The van der Waals surface area contributed by atoms with Crippen LogP contribution in [0.3, 0.4) is 0 Å². The molecule has 0 saturated carbocycles. The van der Waals surface area contributed by atoms with E-state index in [1.807, 2.05) is 0 Å². The van der Waals surface area contributed by atoms with E-state index in [9.17, 15) is 0 Å². The fourth-order valence-corrected chi connectivity index (χ4v) is 1.14. The van der Waals surface area contributed by atoms with Gasteiger partial charge in [0.25, 0.3) is 0 Å². The van der Waals surface area contributed by atoms with Crippen molar-refractivity contribution in [2.75, 3.05) is 6.54 Å². The summed E-state index contributed by atoms with van der Waals surface area (Å²) in [6.45, 7) is 5.78. The topological polar surface area (TPSA) is 12.0 Å². The van der Waals surface area contributed by atoms with E-state index in [-0.39, 0.29) is 0 Å².